The molecular weight excluding hydrogens is 529 g/mol. The molecule has 1 saturated heterocycles. The van der Waals surface area contributed by atoms with Crippen molar-refractivity contribution in [2.75, 3.05) is 11.9 Å². The number of hydrogen-bond acceptors (Lipinski definition) is 9. The fourth-order valence-electron chi connectivity index (χ4n) is 4.79. The van der Waals surface area contributed by atoms with Crippen LogP contribution in [0.4, 0.5) is 9.52 Å². The lowest BCUT2D eigenvalue weighted by Gasteiger charge is -2.23. The lowest BCUT2D eigenvalue weighted by atomic mass is 10.0. The molecule has 15 heteroatoms. The number of carbonyl (C=O) groups excluding carboxylic acids is 4. The third-order valence-electron chi connectivity index (χ3n) is 6.61. The molecule has 198 valence electrons. The number of aromatic nitrogens is 5. The first-order valence-electron chi connectivity index (χ1n) is 11.9. The van der Waals surface area contributed by atoms with E-state index in [0.717, 1.165) is 27.4 Å². The minimum atomic E-state index is -1.40. The van der Waals surface area contributed by atoms with Crippen molar-refractivity contribution in [3.8, 4) is 11.1 Å². The normalized spacial score (nSPS) is 18.3. The number of hydrogen-bond donors (Lipinski definition) is 3. The van der Waals surface area contributed by atoms with Crippen molar-refractivity contribution in [3.05, 3.63) is 52.9 Å². The number of likely N-dealkylation sites (tertiary alicyclic amines) is 1. The maximum atomic E-state index is 14.4. The van der Waals surface area contributed by atoms with Gasteiger partial charge in [-0.15, -0.1) is 0 Å². The van der Waals surface area contributed by atoms with Crippen LogP contribution in [0.1, 0.15) is 32.3 Å². The maximum Gasteiger partial charge on any atom is 0.269 e. The van der Waals surface area contributed by atoms with E-state index in [0.29, 0.717) is 21.5 Å². The minimum Gasteiger partial charge on any atom is -0.364 e. The Labute approximate surface area is 223 Å². The van der Waals surface area contributed by atoms with Gasteiger partial charge in [0.05, 0.1) is 36.7 Å². The molecule has 13 nitrogen and oxygen atoms in total. The molecule has 1 fully saturated rings. The zero-order valence-corrected chi connectivity index (χ0v) is 20.9. The van der Waals surface area contributed by atoms with Crippen LogP contribution >= 0.6 is 11.3 Å². The third-order valence-corrected chi connectivity index (χ3v) is 7.62. The van der Waals surface area contributed by atoms with Gasteiger partial charge in [0.15, 0.2) is 10.8 Å². The Morgan fingerprint density at radius 2 is 2.05 bits per heavy atom. The number of nitrogens with one attached hydrogen (secondary N) is 2. The molecule has 0 aliphatic carbocycles. The number of rotatable bonds is 6. The first-order chi connectivity index (χ1) is 18.8. The monoisotopic (exact) mass is 549 g/mol. The number of halogens is 1. The van der Waals surface area contributed by atoms with Gasteiger partial charge in [-0.25, -0.2) is 9.37 Å². The van der Waals surface area contributed by atoms with Gasteiger partial charge >= 0.3 is 0 Å². The quantitative estimate of drug-likeness (QED) is 0.317. The number of thiazole rings is 1. The number of nitrogens with zero attached hydrogens (tertiary/aromatic N) is 6. The second kappa shape index (κ2) is 9.50. The molecule has 0 spiro atoms. The van der Waals surface area contributed by atoms with Crippen molar-refractivity contribution in [2.24, 2.45) is 5.73 Å². The van der Waals surface area contributed by atoms with Gasteiger partial charge in [0, 0.05) is 17.4 Å². The van der Waals surface area contributed by atoms with Crippen LogP contribution in [0.5, 0.6) is 0 Å². The number of alkyl halides is 1. The minimum absolute atomic E-state index is 0.0263. The van der Waals surface area contributed by atoms with Crippen molar-refractivity contribution in [3.63, 3.8) is 0 Å². The number of nitrogens with two attached hydrogens (primary N) is 1. The van der Waals surface area contributed by atoms with E-state index in [4.69, 9.17) is 5.73 Å². The molecule has 2 aliphatic heterocycles. The van der Waals surface area contributed by atoms with Crippen molar-refractivity contribution in [2.45, 2.75) is 31.7 Å². The van der Waals surface area contributed by atoms with Gasteiger partial charge in [-0.3, -0.25) is 23.9 Å². The van der Waals surface area contributed by atoms with E-state index in [2.05, 4.69) is 30.9 Å². The number of fused-ring (bicyclic) bond motifs is 2. The molecule has 3 aromatic heterocycles. The molecule has 1 aromatic carbocycles. The molecular formula is C24H20FN9O4S. The predicted octanol–water partition coefficient (Wildman–Crippen LogP) is 0.870. The van der Waals surface area contributed by atoms with Crippen LogP contribution in [-0.4, -0.2) is 72.2 Å². The lowest BCUT2D eigenvalue weighted by molar-refractivity contribution is -0.137. The van der Waals surface area contributed by atoms with E-state index >= 15 is 0 Å². The van der Waals surface area contributed by atoms with E-state index in [9.17, 15) is 23.6 Å². The molecule has 6 rings (SSSR count). The average Bonchev–Trinajstić information content (AvgIpc) is 3.68. The third kappa shape index (κ3) is 4.46. The van der Waals surface area contributed by atoms with Crippen molar-refractivity contribution >= 4 is 51.0 Å². The van der Waals surface area contributed by atoms with Crippen molar-refractivity contribution in [1.29, 1.82) is 0 Å². The van der Waals surface area contributed by atoms with Crippen LogP contribution in [0.15, 0.2) is 36.7 Å². The van der Waals surface area contributed by atoms with E-state index in [-0.39, 0.29) is 42.8 Å². The second-order valence-corrected chi connectivity index (χ2v) is 10.1. The van der Waals surface area contributed by atoms with E-state index in [1.165, 1.54) is 10.9 Å². The Bertz CT molecular complexity index is 1650. The maximum absolute atomic E-state index is 14.4. The van der Waals surface area contributed by atoms with Gasteiger partial charge in [-0.05, 0) is 23.8 Å². The Morgan fingerprint density at radius 1 is 1.21 bits per heavy atom. The summed E-state index contributed by atoms with van der Waals surface area (Å²) in [5, 5.41) is 17.8. The fourth-order valence-corrected chi connectivity index (χ4v) is 5.69. The summed E-state index contributed by atoms with van der Waals surface area (Å²) in [7, 11) is 0. The predicted molar refractivity (Wildman–Crippen MR) is 136 cm³/mol. The second-order valence-electron chi connectivity index (χ2n) is 9.10. The van der Waals surface area contributed by atoms with E-state index in [1.807, 2.05) is 0 Å². The standard InChI is InChI=1S/C24H20FN9O4S/c25-13-6-17(22(37)31-24-30-15-8-27-23(38)20(15)39-24)33(9-13)18(35)10-34-16-2-1-11(12-3-4-28-29-7-12)5-14(16)19(32-34)21(26)36/h1-5,7,13,17H,6,8-10H2,(H2,26,36)(H,27,38)(H,30,31,37). The molecule has 2 atom stereocenters. The summed E-state index contributed by atoms with van der Waals surface area (Å²) in [4.78, 5) is 56.1. The van der Waals surface area contributed by atoms with Crippen LogP contribution in [0.25, 0.3) is 22.0 Å². The highest BCUT2D eigenvalue weighted by molar-refractivity contribution is 7.17. The lowest BCUT2D eigenvalue weighted by Crippen LogP contribution is -2.44. The van der Waals surface area contributed by atoms with Gasteiger partial charge in [0.25, 0.3) is 11.8 Å². The highest BCUT2D eigenvalue weighted by Crippen LogP contribution is 2.29. The Kier molecular flexibility index (Phi) is 5.98. The molecule has 0 bridgehead atoms. The fraction of sp³-hybridized carbons (Fsp3) is 0.250. The molecule has 2 aliphatic rings. The Balaban J connectivity index is 1.24. The summed E-state index contributed by atoms with van der Waals surface area (Å²) in [6.45, 7) is -0.343. The van der Waals surface area contributed by atoms with Gasteiger partial charge in [-0.2, -0.15) is 15.3 Å². The number of primary amides is 1. The van der Waals surface area contributed by atoms with Crippen molar-refractivity contribution in [1.82, 2.24) is 35.2 Å². The molecule has 0 radical (unpaired) electrons. The summed E-state index contributed by atoms with van der Waals surface area (Å²) in [6.07, 6.45) is 1.52. The highest BCUT2D eigenvalue weighted by atomic mass is 32.1. The van der Waals surface area contributed by atoms with Gasteiger partial charge in [0.1, 0.15) is 23.6 Å². The van der Waals surface area contributed by atoms with Crippen LogP contribution in [0, 0.1) is 0 Å². The summed E-state index contributed by atoms with van der Waals surface area (Å²) >= 11 is 1.02. The topological polar surface area (TPSA) is 178 Å². The summed E-state index contributed by atoms with van der Waals surface area (Å²) in [5.74, 6) is -2.20. The zero-order chi connectivity index (χ0) is 27.3. The summed E-state index contributed by atoms with van der Waals surface area (Å²) in [6, 6.07) is 5.87. The molecule has 4 aromatic rings. The molecule has 4 amide bonds. The number of amides is 4. The van der Waals surface area contributed by atoms with E-state index < -0.39 is 29.9 Å². The first-order valence-corrected chi connectivity index (χ1v) is 12.7. The smallest absolute Gasteiger partial charge is 0.269 e. The van der Waals surface area contributed by atoms with Crippen LogP contribution in [0.3, 0.4) is 0 Å². The Morgan fingerprint density at radius 3 is 2.79 bits per heavy atom. The van der Waals surface area contributed by atoms with Gasteiger partial charge in [-0.1, -0.05) is 17.4 Å². The molecule has 0 saturated carbocycles. The van der Waals surface area contributed by atoms with Crippen molar-refractivity contribution < 1.29 is 23.6 Å². The van der Waals surface area contributed by atoms with Gasteiger partial charge in [0.2, 0.25) is 11.8 Å². The van der Waals surface area contributed by atoms with Crippen LogP contribution in [0.2, 0.25) is 0 Å². The SMILES string of the molecule is NC(=O)c1nn(CC(=O)N2CC(F)CC2C(=O)Nc2nc3c(s2)C(=O)NC3)c2ccc(-c3ccnnc3)cc12. The number of carbonyl (C=O) groups is 4. The molecule has 39 heavy (non-hydrogen) atoms. The largest absolute Gasteiger partial charge is 0.364 e. The summed E-state index contributed by atoms with van der Waals surface area (Å²) < 4.78 is 15.8. The molecule has 2 unspecified atom stereocenters. The van der Waals surface area contributed by atoms with E-state index in [1.54, 1.807) is 30.5 Å². The zero-order valence-electron chi connectivity index (χ0n) is 20.1. The Hall–Kier alpha value is -4.79. The molecule has 5 heterocycles. The summed E-state index contributed by atoms with van der Waals surface area (Å²) in [5.41, 5.74) is 8.03. The molecule has 4 N–H and O–H groups in total. The van der Waals surface area contributed by atoms with Crippen LogP contribution < -0.4 is 16.4 Å². The first kappa shape index (κ1) is 24.5. The number of anilines is 1. The van der Waals surface area contributed by atoms with Crippen LogP contribution in [-0.2, 0) is 22.7 Å². The number of benzene rings is 1. The van der Waals surface area contributed by atoms with Gasteiger partial charge < -0.3 is 21.3 Å². The highest BCUT2D eigenvalue weighted by Gasteiger charge is 2.40. The average molecular weight is 550 g/mol.